The molecule has 0 radical (unpaired) electrons. The molecule has 6 nitrogen and oxygen atoms in total. The van der Waals surface area contributed by atoms with Crippen LogP contribution in [0, 0.1) is 5.82 Å². The SMILES string of the molecule is O=C(O)COc1cccc(CNC(=O)C2(c3cccc(F)c3)CCOCC2)c1. The van der Waals surface area contributed by atoms with Gasteiger partial charge in [0.2, 0.25) is 5.91 Å². The standard InChI is InChI=1S/C21H22FNO5/c22-17-5-2-4-16(12-17)21(7-9-27-10-8-21)20(26)23-13-15-3-1-6-18(11-15)28-14-19(24)25/h1-6,11-12H,7-10,13-14H2,(H,23,26)(H,24,25). The monoisotopic (exact) mass is 387 g/mol. The first-order valence-electron chi connectivity index (χ1n) is 9.05. The zero-order valence-corrected chi connectivity index (χ0v) is 15.3. The number of ether oxygens (including phenoxy) is 2. The molecule has 0 saturated carbocycles. The van der Waals surface area contributed by atoms with Gasteiger partial charge in [-0.25, -0.2) is 9.18 Å². The summed E-state index contributed by atoms with van der Waals surface area (Å²) in [6.07, 6.45) is 0.952. The van der Waals surface area contributed by atoms with E-state index in [1.807, 2.05) is 6.07 Å². The summed E-state index contributed by atoms with van der Waals surface area (Å²) in [5, 5.41) is 11.6. The van der Waals surface area contributed by atoms with E-state index in [0.717, 1.165) is 5.56 Å². The molecule has 0 spiro atoms. The summed E-state index contributed by atoms with van der Waals surface area (Å²) in [5.74, 6) is -1.20. The quantitative estimate of drug-likeness (QED) is 0.763. The Kier molecular flexibility index (Phi) is 6.26. The molecule has 0 aliphatic carbocycles. The number of hydrogen-bond acceptors (Lipinski definition) is 4. The zero-order valence-electron chi connectivity index (χ0n) is 15.3. The molecule has 3 rings (SSSR count). The van der Waals surface area contributed by atoms with Crippen molar-refractivity contribution in [2.75, 3.05) is 19.8 Å². The second-order valence-corrected chi connectivity index (χ2v) is 6.72. The maximum absolute atomic E-state index is 13.8. The Hall–Kier alpha value is -2.93. The molecule has 0 unspecified atom stereocenters. The Bertz CT molecular complexity index is 848. The van der Waals surface area contributed by atoms with Gasteiger partial charge in [0.15, 0.2) is 6.61 Å². The van der Waals surface area contributed by atoms with Gasteiger partial charge in [0.1, 0.15) is 11.6 Å². The van der Waals surface area contributed by atoms with Gasteiger partial charge in [-0.1, -0.05) is 24.3 Å². The molecule has 28 heavy (non-hydrogen) atoms. The predicted octanol–water partition coefficient (Wildman–Crippen LogP) is 2.65. The highest BCUT2D eigenvalue weighted by atomic mass is 19.1. The molecule has 1 heterocycles. The second-order valence-electron chi connectivity index (χ2n) is 6.72. The fraction of sp³-hybridized carbons (Fsp3) is 0.333. The molecule has 0 atom stereocenters. The minimum absolute atomic E-state index is 0.182. The van der Waals surface area contributed by atoms with Crippen LogP contribution >= 0.6 is 0 Å². The lowest BCUT2D eigenvalue weighted by Gasteiger charge is -2.36. The Morgan fingerprint density at radius 2 is 1.89 bits per heavy atom. The minimum atomic E-state index is -1.06. The van der Waals surface area contributed by atoms with Gasteiger partial charge in [0.05, 0.1) is 5.41 Å². The number of carbonyl (C=O) groups is 2. The largest absolute Gasteiger partial charge is 0.482 e. The summed E-state index contributed by atoms with van der Waals surface area (Å²) >= 11 is 0. The Morgan fingerprint density at radius 1 is 1.14 bits per heavy atom. The molecule has 1 saturated heterocycles. The Morgan fingerprint density at radius 3 is 2.61 bits per heavy atom. The van der Waals surface area contributed by atoms with Crippen molar-refractivity contribution in [1.82, 2.24) is 5.32 Å². The maximum atomic E-state index is 13.8. The number of carbonyl (C=O) groups excluding carboxylic acids is 1. The number of amides is 1. The number of carboxylic acids is 1. The number of aliphatic carboxylic acids is 1. The van der Waals surface area contributed by atoms with Crippen LogP contribution in [-0.4, -0.2) is 36.8 Å². The fourth-order valence-electron chi connectivity index (χ4n) is 3.39. The smallest absolute Gasteiger partial charge is 0.341 e. The number of rotatable bonds is 7. The lowest BCUT2D eigenvalue weighted by atomic mass is 9.73. The van der Waals surface area contributed by atoms with Crippen molar-refractivity contribution in [3.05, 3.63) is 65.5 Å². The third-order valence-electron chi connectivity index (χ3n) is 4.87. The van der Waals surface area contributed by atoms with Crippen LogP contribution < -0.4 is 10.1 Å². The van der Waals surface area contributed by atoms with Crippen LogP contribution in [0.4, 0.5) is 4.39 Å². The lowest BCUT2D eigenvalue weighted by molar-refractivity contribution is -0.139. The maximum Gasteiger partial charge on any atom is 0.341 e. The van der Waals surface area contributed by atoms with Gasteiger partial charge in [-0.2, -0.15) is 0 Å². The van der Waals surface area contributed by atoms with E-state index in [0.29, 0.717) is 37.4 Å². The molecule has 0 aromatic heterocycles. The Balaban J connectivity index is 1.73. The topological polar surface area (TPSA) is 84.9 Å². The average molecular weight is 387 g/mol. The van der Waals surface area contributed by atoms with Crippen molar-refractivity contribution in [2.45, 2.75) is 24.8 Å². The molecule has 1 aliphatic heterocycles. The molecule has 1 aliphatic rings. The van der Waals surface area contributed by atoms with Crippen molar-refractivity contribution >= 4 is 11.9 Å². The van der Waals surface area contributed by atoms with Crippen molar-refractivity contribution in [3.8, 4) is 5.75 Å². The van der Waals surface area contributed by atoms with Gasteiger partial charge in [0, 0.05) is 19.8 Å². The summed E-state index contributed by atoms with van der Waals surface area (Å²) < 4.78 is 24.3. The van der Waals surface area contributed by atoms with E-state index in [1.54, 1.807) is 30.3 Å². The zero-order chi connectivity index (χ0) is 20.0. The van der Waals surface area contributed by atoms with Crippen LogP contribution in [0.15, 0.2) is 48.5 Å². The van der Waals surface area contributed by atoms with Crippen molar-refractivity contribution in [3.63, 3.8) is 0 Å². The van der Waals surface area contributed by atoms with Crippen molar-refractivity contribution in [1.29, 1.82) is 0 Å². The van der Waals surface area contributed by atoms with Gasteiger partial charge in [0.25, 0.3) is 0 Å². The fourth-order valence-corrected chi connectivity index (χ4v) is 3.39. The predicted molar refractivity (Wildman–Crippen MR) is 99.6 cm³/mol. The molecule has 2 N–H and O–H groups in total. The lowest BCUT2D eigenvalue weighted by Crippen LogP contribution is -2.47. The van der Waals surface area contributed by atoms with Crippen LogP contribution in [0.2, 0.25) is 0 Å². The summed E-state index contributed by atoms with van der Waals surface area (Å²) in [7, 11) is 0. The van der Waals surface area contributed by atoms with Crippen LogP contribution in [0.1, 0.15) is 24.0 Å². The Labute approximate surface area is 162 Å². The van der Waals surface area contributed by atoms with E-state index in [4.69, 9.17) is 14.6 Å². The summed E-state index contributed by atoms with van der Waals surface area (Å²) in [6, 6.07) is 13.0. The van der Waals surface area contributed by atoms with Crippen LogP contribution in [0.5, 0.6) is 5.75 Å². The molecule has 2 aromatic rings. The molecule has 1 fully saturated rings. The third-order valence-corrected chi connectivity index (χ3v) is 4.87. The van der Waals surface area contributed by atoms with Gasteiger partial charge in [-0.15, -0.1) is 0 Å². The highest BCUT2D eigenvalue weighted by Crippen LogP contribution is 2.35. The van der Waals surface area contributed by atoms with Crippen LogP contribution in [-0.2, 0) is 26.3 Å². The van der Waals surface area contributed by atoms with Gasteiger partial charge >= 0.3 is 5.97 Å². The molecular weight excluding hydrogens is 365 g/mol. The molecule has 1 amide bonds. The summed E-state index contributed by atoms with van der Waals surface area (Å²) in [5.41, 5.74) is 0.585. The number of benzene rings is 2. The van der Waals surface area contributed by atoms with E-state index in [-0.39, 0.29) is 18.3 Å². The van der Waals surface area contributed by atoms with E-state index in [9.17, 15) is 14.0 Å². The first-order chi connectivity index (χ1) is 13.5. The van der Waals surface area contributed by atoms with Crippen LogP contribution in [0.25, 0.3) is 0 Å². The molecule has 148 valence electrons. The van der Waals surface area contributed by atoms with Crippen molar-refractivity contribution < 1.29 is 28.6 Å². The third kappa shape index (κ3) is 4.67. The first kappa shape index (κ1) is 19.8. The molecular formula is C21H22FNO5. The molecule has 0 bridgehead atoms. The van der Waals surface area contributed by atoms with E-state index < -0.39 is 18.0 Å². The second kappa shape index (κ2) is 8.84. The highest BCUT2D eigenvalue weighted by molar-refractivity contribution is 5.88. The summed E-state index contributed by atoms with van der Waals surface area (Å²) in [6.45, 7) is 0.685. The van der Waals surface area contributed by atoms with E-state index in [1.165, 1.54) is 12.1 Å². The van der Waals surface area contributed by atoms with Gasteiger partial charge < -0.3 is 19.9 Å². The number of halogens is 1. The van der Waals surface area contributed by atoms with E-state index in [2.05, 4.69) is 5.32 Å². The summed E-state index contributed by atoms with van der Waals surface area (Å²) in [4.78, 5) is 23.7. The van der Waals surface area contributed by atoms with Gasteiger partial charge in [-0.3, -0.25) is 4.79 Å². The number of hydrogen-bond donors (Lipinski definition) is 2. The highest BCUT2D eigenvalue weighted by Gasteiger charge is 2.41. The molecule has 2 aromatic carbocycles. The number of carboxylic acid groups (broad SMARTS) is 1. The number of nitrogens with one attached hydrogen (secondary N) is 1. The van der Waals surface area contributed by atoms with E-state index >= 15 is 0 Å². The normalized spacial score (nSPS) is 15.6. The first-order valence-corrected chi connectivity index (χ1v) is 9.05. The molecule has 7 heteroatoms. The minimum Gasteiger partial charge on any atom is -0.482 e. The van der Waals surface area contributed by atoms with Gasteiger partial charge in [-0.05, 0) is 48.2 Å². The van der Waals surface area contributed by atoms with Crippen LogP contribution in [0.3, 0.4) is 0 Å². The van der Waals surface area contributed by atoms with Crippen molar-refractivity contribution in [2.24, 2.45) is 0 Å². The average Bonchev–Trinajstić information content (AvgIpc) is 2.71.